The number of aryl methyl sites for hydroxylation is 1. The van der Waals surface area contributed by atoms with Crippen LogP contribution in [0.25, 0.3) is 10.0 Å². The maximum atomic E-state index is 6.23. The van der Waals surface area contributed by atoms with Crippen molar-refractivity contribution in [1.82, 2.24) is 9.97 Å². The largest absolute Gasteiger partial charge is 0.324 e. The van der Waals surface area contributed by atoms with Gasteiger partial charge in [0.25, 0.3) is 0 Å². The summed E-state index contributed by atoms with van der Waals surface area (Å²) >= 11 is 3.27. The number of aromatic nitrogens is 2. The minimum Gasteiger partial charge on any atom is -0.324 e. The topological polar surface area (TPSA) is 51.8 Å². The number of hydrogen-bond acceptors (Lipinski definition) is 5. The van der Waals surface area contributed by atoms with Crippen molar-refractivity contribution in [3.8, 4) is 10.0 Å². The summed E-state index contributed by atoms with van der Waals surface area (Å²) < 4.78 is 0. The molecule has 2 aromatic heterocycles. The van der Waals surface area contributed by atoms with Crippen molar-refractivity contribution >= 4 is 22.7 Å². The summed E-state index contributed by atoms with van der Waals surface area (Å²) in [6, 6.07) is 10.1. The molecule has 0 bridgehead atoms. The Labute approximate surface area is 126 Å². The third-order valence-corrected chi connectivity index (χ3v) is 5.00. The Balaban J connectivity index is 1.74. The van der Waals surface area contributed by atoms with E-state index in [2.05, 4.69) is 27.5 Å². The Morgan fingerprint density at radius 1 is 1.05 bits per heavy atom. The van der Waals surface area contributed by atoms with Gasteiger partial charge in [-0.15, -0.1) is 22.7 Å². The first kappa shape index (κ1) is 13.4. The van der Waals surface area contributed by atoms with E-state index in [0.29, 0.717) is 0 Å². The molecule has 0 amide bonds. The summed E-state index contributed by atoms with van der Waals surface area (Å²) in [6.45, 7) is 2.00. The van der Waals surface area contributed by atoms with Crippen LogP contribution in [0.4, 0.5) is 0 Å². The van der Waals surface area contributed by atoms with Crippen LogP contribution in [-0.4, -0.2) is 9.97 Å². The second kappa shape index (κ2) is 5.83. The maximum absolute atomic E-state index is 6.23. The van der Waals surface area contributed by atoms with Gasteiger partial charge >= 0.3 is 0 Å². The molecule has 1 unspecified atom stereocenters. The number of thiazole rings is 2. The lowest BCUT2D eigenvalue weighted by atomic mass is 10.0. The van der Waals surface area contributed by atoms with E-state index in [4.69, 9.17) is 5.73 Å². The fourth-order valence-electron chi connectivity index (χ4n) is 1.99. The van der Waals surface area contributed by atoms with Crippen molar-refractivity contribution in [2.75, 3.05) is 0 Å². The monoisotopic (exact) mass is 301 g/mol. The van der Waals surface area contributed by atoms with Crippen LogP contribution in [0.1, 0.15) is 23.0 Å². The van der Waals surface area contributed by atoms with Gasteiger partial charge in [-0.25, -0.2) is 9.97 Å². The summed E-state index contributed by atoms with van der Waals surface area (Å²) in [7, 11) is 0. The summed E-state index contributed by atoms with van der Waals surface area (Å²) in [5.74, 6) is 0. The minimum absolute atomic E-state index is 0.0100. The van der Waals surface area contributed by atoms with Crippen molar-refractivity contribution in [2.45, 2.75) is 19.4 Å². The molecule has 0 aliphatic rings. The van der Waals surface area contributed by atoms with E-state index in [1.165, 1.54) is 0 Å². The average molecular weight is 301 g/mol. The van der Waals surface area contributed by atoms with Crippen molar-refractivity contribution in [1.29, 1.82) is 0 Å². The highest BCUT2D eigenvalue weighted by atomic mass is 32.1. The third-order valence-electron chi connectivity index (χ3n) is 3.01. The second-order valence-electron chi connectivity index (χ2n) is 4.66. The molecule has 0 saturated carbocycles. The first-order chi connectivity index (χ1) is 9.72. The van der Waals surface area contributed by atoms with Gasteiger partial charge < -0.3 is 5.73 Å². The zero-order chi connectivity index (χ0) is 13.9. The van der Waals surface area contributed by atoms with Crippen LogP contribution in [0.2, 0.25) is 0 Å². The number of nitrogens with two attached hydrogens (primary N) is 1. The molecule has 1 aromatic carbocycles. The van der Waals surface area contributed by atoms with Crippen LogP contribution in [-0.2, 0) is 6.42 Å². The van der Waals surface area contributed by atoms with Crippen LogP contribution in [0.15, 0.2) is 41.1 Å². The third kappa shape index (κ3) is 2.95. The molecule has 0 aliphatic heterocycles. The highest BCUT2D eigenvalue weighted by molar-refractivity contribution is 7.19. The van der Waals surface area contributed by atoms with Crippen LogP contribution < -0.4 is 5.73 Å². The lowest BCUT2D eigenvalue weighted by molar-refractivity contribution is 0.710. The van der Waals surface area contributed by atoms with E-state index in [0.717, 1.165) is 33.4 Å². The Morgan fingerprint density at radius 2 is 1.75 bits per heavy atom. The zero-order valence-corrected chi connectivity index (χ0v) is 12.7. The summed E-state index contributed by atoms with van der Waals surface area (Å²) in [5, 5.41) is 6.10. The molecule has 3 rings (SSSR count). The smallest absolute Gasteiger partial charge is 0.152 e. The van der Waals surface area contributed by atoms with E-state index in [9.17, 15) is 0 Å². The van der Waals surface area contributed by atoms with Gasteiger partial charge in [0.05, 0.1) is 5.69 Å². The number of hydrogen-bond donors (Lipinski definition) is 1. The van der Waals surface area contributed by atoms with Crippen LogP contribution in [0, 0.1) is 6.92 Å². The molecule has 0 saturated heterocycles. The standard InChI is InChI=1S/C15H15N3S2/c1-10-8-19-14(17-10)15-18-12(9-20-15)7-13(16)11-5-3-2-4-6-11/h2-6,8-9,13H,7,16H2,1H3. The van der Waals surface area contributed by atoms with Gasteiger partial charge in [-0.3, -0.25) is 0 Å². The normalized spacial score (nSPS) is 12.5. The molecule has 3 aromatic rings. The van der Waals surface area contributed by atoms with E-state index in [1.807, 2.05) is 30.5 Å². The van der Waals surface area contributed by atoms with Crippen LogP contribution in [0.3, 0.4) is 0 Å². The molecule has 20 heavy (non-hydrogen) atoms. The molecule has 1 atom stereocenters. The van der Waals surface area contributed by atoms with Gasteiger partial charge in [0, 0.05) is 28.9 Å². The molecule has 0 aliphatic carbocycles. The zero-order valence-electron chi connectivity index (χ0n) is 11.1. The van der Waals surface area contributed by atoms with Gasteiger partial charge in [0.2, 0.25) is 0 Å². The molecule has 3 nitrogen and oxygen atoms in total. The highest BCUT2D eigenvalue weighted by Crippen LogP contribution is 2.28. The fourth-order valence-corrected chi connectivity index (χ4v) is 3.67. The van der Waals surface area contributed by atoms with Gasteiger partial charge in [-0.2, -0.15) is 0 Å². The summed E-state index contributed by atoms with van der Waals surface area (Å²) in [5.41, 5.74) is 9.46. The minimum atomic E-state index is -0.0100. The second-order valence-corrected chi connectivity index (χ2v) is 6.38. The number of benzene rings is 1. The quantitative estimate of drug-likeness (QED) is 0.797. The predicted molar refractivity (Wildman–Crippen MR) is 85.0 cm³/mol. The lowest BCUT2D eigenvalue weighted by Crippen LogP contribution is -2.13. The molecule has 0 fully saturated rings. The summed E-state index contributed by atoms with van der Waals surface area (Å²) in [4.78, 5) is 9.11. The van der Waals surface area contributed by atoms with E-state index < -0.39 is 0 Å². The highest BCUT2D eigenvalue weighted by Gasteiger charge is 2.12. The first-order valence-electron chi connectivity index (χ1n) is 6.40. The van der Waals surface area contributed by atoms with Crippen LogP contribution in [0.5, 0.6) is 0 Å². The van der Waals surface area contributed by atoms with Crippen molar-refractivity contribution in [3.63, 3.8) is 0 Å². The van der Waals surface area contributed by atoms with Crippen LogP contribution >= 0.6 is 22.7 Å². The predicted octanol–water partition coefficient (Wildman–Crippen LogP) is 3.82. The van der Waals surface area contributed by atoms with Crippen molar-refractivity contribution < 1.29 is 0 Å². The van der Waals surface area contributed by atoms with Crippen molar-refractivity contribution in [2.24, 2.45) is 5.73 Å². The lowest BCUT2D eigenvalue weighted by Gasteiger charge is -2.09. The Hall–Kier alpha value is -1.56. The van der Waals surface area contributed by atoms with Gasteiger partial charge in [0.1, 0.15) is 0 Å². The van der Waals surface area contributed by atoms with Gasteiger partial charge in [-0.1, -0.05) is 30.3 Å². The number of nitrogens with zero attached hydrogens (tertiary/aromatic N) is 2. The Kier molecular flexibility index (Phi) is 3.91. The average Bonchev–Trinajstić information content (AvgIpc) is 3.09. The van der Waals surface area contributed by atoms with Crippen molar-refractivity contribution in [3.05, 3.63) is 58.0 Å². The molecule has 102 valence electrons. The maximum Gasteiger partial charge on any atom is 0.152 e. The Morgan fingerprint density at radius 3 is 2.45 bits per heavy atom. The SMILES string of the molecule is Cc1csc(-c2nc(CC(N)c3ccccc3)cs2)n1. The first-order valence-corrected chi connectivity index (χ1v) is 8.16. The molecular weight excluding hydrogens is 286 g/mol. The van der Waals surface area contributed by atoms with E-state index >= 15 is 0 Å². The Bertz CT molecular complexity index is 688. The molecular formula is C15H15N3S2. The fraction of sp³-hybridized carbons (Fsp3) is 0.200. The molecule has 5 heteroatoms. The summed E-state index contributed by atoms with van der Waals surface area (Å²) in [6.07, 6.45) is 0.755. The number of rotatable bonds is 4. The molecule has 2 N–H and O–H groups in total. The molecule has 0 radical (unpaired) electrons. The van der Waals surface area contributed by atoms with E-state index in [-0.39, 0.29) is 6.04 Å². The molecule has 2 heterocycles. The van der Waals surface area contributed by atoms with Gasteiger partial charge in [-0.05, 0) is 12.5 Å². The van der Waals surface area contributed by atoms with Gasteiger partial charge in [0.15, 0.2) is 10.0 Å². The van der Waals surface area contributed by atoms with E-state index in [1.54, 1.807) is 22.7 Å². The molecule has 0 spiro atoms.